The van der Waals surface area contributed by atoms with Gasteiger partial charge in [-0.25, -0.2) is 0 Å². The summed E-state index contributed by atoms with van der Waals surface area (Å²) in [4.78, 5) is 14.8. The van der Waals surface area contributed by atoms with Crippen molar-refractivity contribution >= 4 is 36.4 Å². The van der Waals surface area contributed by atoms with Gasteiger partial charge in [0.2, 0.25) is 5.91 Å². The fourth-order valence-electron chi connectivity index (χ4n) is 3.45. The summed E-state index contributed by atoms with van der Waals surface area (Å²) in [5, 5.41) is 3.15. The number of nitrogens with zero attached hydrogens (tertiary/aromatic N) is 1. The van der Waals surface area contributed by atoms with Crippen LogP contribution in [0.3, 0.4) is 0 Å². The number of anilines is 1. The number of hydrogen-bond acceptors (Lipinski definition) is 5. The highest BCUT2D eigenvalue weighted by Crippen LogP contribution is 2.30. The van der Waals surface area contributed by atoms with Gasteiger partial charge in [0.05, 0.1) is 18.3 Å². The molecule has 0 atom stereocenters. The number of methoxy groups -OCH3 is 1. The van der Waals surface area contributed by atoms with Gasteiger partial charge in [-0.1, -0.05) is 12.1 Å². The summed E-state index contributed by atoms with van der Waals surface area (Å²) in [6.07, 6.45) is 3.02. The summed E-state index contributed by atoms with van der Waals surface area (Å²) in [6.45, 7) is 2.92. The molecule has 3 rings (SSSR count). The van der Waals surface area contributed by atoms with E-state index in [-0.39, 0.29) is 36.8 Å². The molecule has 6 nitrogen and oxygen atoms in total. The van der Waals surface area contributed by atoms with Crippen LogP contribution in [0.15, 0.2) is 24.3 Å². The highest BCUT2D eigenvalue weighted by Gasteiger charge is 2.37. The molecule has 148 valence electrons. The Bertz CT molecular complexity index is 575. The molecule has 0 bridgehead atoms. The van der Waals surface area contributed by atoms with Crippen LogP contribution in [0.1, 0.15) is 25.7 Å². The molecule has 0 aromatic heterocycles. The van der Waals surface area contributed by atoms with E-state index in [2.05, 4.69) is 16.3 Å². The molecule has 3 N–H and O–H groups in total. The SMILES string of the molecule is COc1ccccc1N1CCC(NC(=O)C2(N)CCOCC2)CC1.Cl.Cl. The quantitative estimate of drug-likeness (QED) is 0.801. The number of halogens is 2. The number of piperidine rings is 1. The first-order valence-corrected chi connectivity index (χ1v) is 8.68. The average Bonchev–Trinajstić information content (AvgIpc) is 2.63. The zero-order chi connectivity index (χ0) is 17.0. The van der Waals surface area contributed by atoms with Gasteiger partial charge in [-0.2, -0.15) is 0 Å². The lowest BCUT2D eigenvalue weighted by atomic mass is 9.89. The number of rotatable bonds is 4. The van der Waals surface area contributed by atoms with E-state index in [1.807, 2.05) is 18.2 Å². The maximum atomic E-state index is 12.5. The Morgan fingerprint density at radius 1 is 1.23 bits per heavy atom. The highest BCUT2D eigenvalue weighted by molar-refractivity contribution is 5.86. The van der Waals surface area contributed by atoms with Crippen molar-refractivity contribution in [3.8, 4) is 5.75 Å². The molecule has 1 aromatic rings. The third kappa shape index (κ3) is 5.16. The van der Waals surface area contributed by atoms with Crippen molar-refractivity contribution < 1.29 is 14.3 Å². The van der Waals surface area contributed by atoms with Crippen molar-refractivity contribution in [2.45, 2.75) is 37.3 Å². The zero-order valence-electron chi connectivity index (χ0n) is 15.1. The molecule has 2 fully saturated rings. The summed E-state index contributed by atoms with van der Waals surface area (Å²) in [5.74, 6) is 0.865. The number of benzene rings is 1. The van der Waals surface area contributed by atoms with Crippen molar-refractivity contribution in [3.05, 3.63) is 24.3 Å². The maximum absolute atomic E-state index is 12.5. The minimum absolute atomic E-state index is 0. The molecule has 1 amide bonds. The molecule has 8 heteroatoms. The van der Waals surface area contributed by atoms with Crippen LogP contribution in [0.4, 0.5) is 5.69 Å². The number of para-hydroxylation sites is 2. The monoisotopic (exact) mass is 405 g/mol. The number of ether oxygens (including phenoxy) is 2. The van der Waals surface area contributed by atoms with Crippen molar-refractivity contribution in [1.82, 2.24) is 5.32 Å². The summed E-state index contributed by atoms with van der Waals surface area (Å²) in [5.41, 5.74) is 6.61. The minimum atomic E-state index is -0.766. The minimum Gasteiger partial charge on any atom is -0.495 e. The molecule has 2 aliphatic heterocycles. The summed E-state index contributed by atoms with van der Waals surface area (Å²) in [6, 6.07) is 8.24. The molecule has 1 aromatic carbocycles. The number of nitrogens with two attached hydrogens (primary N) is 1. The Hall–Kier alpha value is -1.21. The van der Waals surface area contributed by atoms with Gasteiger partial charge in [0.1, 0.15) is 5.75 Å². The largest absolute Gasteiger partial charge is 0.495 e. The predicted octanol–water partition coefficient (Wildman–Crippen LogP) is 2.13. The number of carbonyl (C=O) groups is 1. The lowest BCUT2D eigenvalue weighted by Crippen LogP contribution is -2.59. The molecule has 0 aliphatic carbocycles. The molecular weight excluding hydrogens is 377 g/mol. The fourth-order valence-corrected chi connectivity index (χ4v) is 3.45. The van der Waals surface area contributed by atoms with Gasteiger partial charge in [0.15, 0.2) is 0 Å². The van der Waals surface area contributed by atoms with E-state index in [9.17, 15) is 4.79 Å². The zero-order valence-corrected chi connectivity index (χ0v) is 16.7. The fraction of sp³-hybridized carbons (Fsp3) is 0.611. The maximum Gasteiger partial charge on any atom is 0.240 e. The molecule has 26 heavy (non-hydrogen) atoms. The highest BCUT2D eigenvalue weighted by atomic mass is 35.5. The second-order valence-electron chi connectivity index (χ2n) is 6.68. The number of nitrogens with one attached hydrogen (secondary N) is 1. The predicted molar refractivity (Wildman–Crippen MR) is 108 cm³/mol. The van der Waals surface area contributed by atoms with Crippen LogP contribution < -0.4 is 20.7 Å². The molecule has 2 heterocycles. The van der Waals surface area contributed by atoms with Crippen LogP contribution in [0, 0.1) is 0 Å². The number of hydrogen-bond donors (Lipinski definition) is 2. The van der Waals surface area contributed by atoms with Crippen molar-refractivity contribution in [1.29, 1.82) is 0 Å². The Balaban J connectivity index is 0.00000169. The van der Waals surface area contributed by atoms with Gasteiger partial charge in [0.25, 0.3) is 0 Å². The first-order valence-electron chi connectivity index (χ1n) is 8.68. The molecule has 0 radical (unpaired) electrons. The summed E-state index contributed by atoms with van der Waals surface area (Å²) >= 11 is 0. The topological polar surface area (TPSA) is 76.8 Å². The molecular formula is C18H29Cl2N3O3. The van der Waals surface area contributed by atoms with E-state index in [1.165, 1.54) is 0 Å². The lowest BCUT2D eigenvalue weighted by Gasteiger charge is -2.37. The van der Waals surface area contributed by atoms with E-state index in [0.29, 0.717) is 26.1 Å². The standard InChI is InChI=1S/C18H27N3O3.2ClH/c1-23-16-5-3-2-4-15(16)21-10-6-14(7-11-21)20-17(22)18(19)8-12-24-13-9-18;;/h2-5,14H,6-13,19H2,1H3,(H,20,22);2*1H. The Kier molecular flexibility index (Phi) is 8.96. The number of amides is 1. The lowest BCUT2D eigenvalue weighted by molar-refractivity contribution is -0.130. The van der Waals surface area contributed by atoms with Crippen LogP contribution in [-0.4, -0.2) is 50.9 Å². The third-order valence-electron chi connectivity index (χ3n) is 5.09. The smallest absolute Gasteiger partial charge is 0.240 e. The van der Waals surface area contributed by atoms with Gasteiger partial charge in [-0.15, -0.1) is 24.8 Å². The van der Waals surface area contributed by atoms with Gasteiger partial charge >= 0.3 is 0 Å². The molecule has 2 saturated heterocycles. The van der Waals surface area contributed by atoms with Crippen LogP contribution >= 0.6 is 24.8 Å². The molecule has 0 unspecified atom stereocenters. The Morgan fingerprint density at radius 2 is 1.85 bits per heavy atom. The van der Waals surface area contributed by atoms with Crippen LogP contribution in [-0.2, 0) is 9.53 Å². The molecule has 2 aliphatic rings. The van der Waals surface area contributed by atoms with E-state index < -0.39 is 5.54 Å². The van der Waals surface area contributed by atoms with E-state index >= 15 is 0 Å². The van der Waals surface area contributed by atoms with Crippen LogP contribution in [0.25, 0.3) is 0 Å². The van der Waals surface area contributed by atoms with Crippen LogP contribution in [0.5, 0.6) is 5.75 Å². The second kappa shape index (κ2) is 10.2. The van der Waals surface area contributed by atoms with Crippen molar-refractivity contribution in [2.24, 2.45) is 5.73 Å². The van der Waals surface area contributed by atoms with Gasteiger partial charge in [-0.3, -0.25) is 4.79 Å². The first-order chi connectivity index (χ1) is 11.6. The van der Waals surface area contributed by atoms with Gasteiger partial charge in [-0.05, 0) is 37.8 Å². The van der Waals surface area contributed by atoms with E-state index in [1.54, 1.807) is 7.11 Å². The van der Waals surface area contributed by atoms with E-state index in [0.717, 1.165) is 37.4 Å². The third-order valence-corrected chi connectivity index (χ3v) is 5.09. The summed E-state index contributed by atoms with van der Waals surface area (Å²) < 4.78 is 10.8. The average molecular weight is 406 g/mol. The van der Waals surface area contributed by atoms with Gasteiger partial charge in [0, 0.05) is 32.3 Å². The van der Waals surface area contributed by atoms with Crippen molar-refractivity contribution in [3.63, 3.8) is 0 Å². The first kappa shape index (κ1) is 22.8. The Morgan fingerprint density at radius 3 is 2.46 bits per heavy atom. The molecule has 0 spiro atoms. The van der Waals surface area contributed by atoms with Crippen molar-refractivity contribution in [2.75, 3.05) is 38.3 Å². The number of carbonyl (C=O) groups excluding carboxylic acids is 1. The normalized spacial score (nSPS) is 19.7. The van der Waals surface area contributed by atoms with Gasteiger partial charge < -0.3 is 25.4 Å². The van der Waals surface area contributed by atoms with Crippen LogP contribution in [0.2, 0.25) is 0 Å². The molecule has 0 saturated carbocycles. The van der Waals surface area contributed by atoms with E-state index in [4.69, 9.17) is 15.2 Å². The second-order valence-corrected chi connectivity index (χ2v) is 6.68. The summed E-state index contributed by atoms with van der Waals surface area (Å²) in [7, 11) is 1.69. The Labute approximate surface area is 167 Å².